The summed E-state index contributed by atoms with van der Waals surface area (Å²) in [7, 11) is 3.53. The number of carbonyl (C=O) groups is 1. The second-order valence-corrected chi connectivity index (χ2v) is 4.64. The average molecular weight is 252 g/mol. The van der Waals surface area contributed by atoms with Gasteiger partial charge in [0.2, 0.25) is 0 Å². The first-order valence-electron chi connectivity index (χ1n) is 6.20. The fraction of sp³-hybridized carbons (Fsp3) is 0.667. The molecule has 2 amide bonds. The van der Waals surface area contributed by atoms with Crippen LogP contribution < -0.4 is 0 Å². The number of ether oxygens (including phenoxy) is 1. The maximum atomic E-state index is 12.1. The number of fused-ring (bicyclic) bond motifs is 1. The summed E-state index contributed by atoms with van der Waals surface area (Å²) in [5.74, 6) is 0. The van der Waals surface area contributed by atoms with Gasteiger partial charge in [-0.3, -0.25) is 4.68 Å². The molecule has 6 heteroatoms. The van der Waals surface area contributed by atoms with Crippen LogP contribution in [0.25, 0.3) is 0 Å². The molecule has 0 saturated heterocycles. The molecule has 0 spiro atoms. The Labute approximate surface area is 107 Å². The van der Waals surface area contributed by atoms with Crippen molar-refractivity contribution in [3.63, 3.8) is 0 Å². The largest absolute Gasteiger partial charge is 0.375 e. The second-order valence-electron chi connectivity index (χ2n) is 4.64. The number of urea groups is 1. The van der Waals surface area contributed by atoms with E-state index in [9.17, 15) is 4.79 Å². The Bertz CT molecular complexity index is 416. The highest BCUT2D eigenvalue weighted by Crippen LogP contribution is 2.14. The summed E-state index contributed by atoms with van der Waals surface area (Å²) >= 11 is 0. The van der Waals surface area contributed by atoms with Crippen molar-refractivity contribution < 1.29 is 9.53 Å². The molecule has 1 atom stereocenters. The number of aromatic nitrogens is 2. The van der Waals surface area contributed by atoms with Crippen LogP contribution in [0, 0.1) is 0 Å². The van der Waals surface area contributed by atoms with Crippen LogP contribution in [-0.4, -0.2) is 59.0 Å². The van der Waals surface area contributed by atoms with Crippen LogP contribution in [0.15, 0.2) is 12.3 Å². The number of rotatable bonds is 2. The van der Waals surface area contributed by atoms with Crippen LogP contribution in [0.2, 0.25) is 0 Å². The van der Waals surface area contributed by atoms with E-state index in [4.69, 9.17) is 4.74 Å². The van der Waals surface area contributed by atoms with Crippen LogP contribution in [0.1, 0.15) is 12.6 Å². The van der Waals surface area contributed by atoms with E-state index in [0.29, 0.717) is 26.2 Å². The van der Waals surface area contributed by atoms with Gasteiger partial charge in [0.25, 0.3) is 0 Å². The highest BCUT2D eigenvalue weighted by atomic mass is 16.5. The summed E-state index contributed by atoms with van der Waals surface area (Å²) < 4.78 is 7.60. The minimum Gasteiger partial charge on any atom is -0.375 e. The van der Waals surface area contributed by atoms with Crippen molar-refractivity contribution in [2.24, 2.45) is 0 Å². The molecule has 6 nitrogen and oxygen atoms in total. The van der Waals surface area contributed by atoms with Gasteiger partial charge in [0.15, 0.2) is 0 Å². The van der Waals surface area contributed by atoms with Gasteiger partial charge in [0, 0.05) is 26.9 Å². The maximum absolute atomic E-state index is 12.1. The van der Waals surface area contributed by atoms with Crippen molar-refractivity contribution >= 4 is 6.03 Å². The first-order chi connectivity index (χ1) is 8.61. The summed E-state index contributed by atoms with van der Waals surface area (Å²) in [6.45, 7) is 4.50. The van der Waals surface area contributed by atoms with Crippen molar-refractivity contribution in [1.29, 1.82) is 0 Å². The van der Waals surface area contributed by atoms with Gasteiger partial charge >= 0.3 is 6.03 Å². The number of hydrogen-bond acceptors (Lipinski definition) is 3. The van der Waals surface area contributed by atoms with Crippen LogP contribution in [0.4, 0.5) is 4.79 Å². The van der Waals surface area contributed by atoms with Gasteiger partial charge in [0.1, 0.15) is 0 Å². The number of nitrogens with zero attached hydrogens (tertiary/aromatic N) is 4. The SMILES string of the molecule is CCOC1CN(C(=O)N(C)C)Cc2ccnn2C1. The van der Waals surface area contributed by atoms with E-state index in [1.54, 1.807) is 30.1 Å². The zero-order valence-corrected chi connectivity index (χ0v) is 11.2. The van der Waals surface area contributed by atoms with E-state index in [1.165, 1.54) is 0 Å². The Kier molecular flexibility index (Phi) is 3.86. The quantitative estimate of drug-likeness (QED) is 0.781. The zero-order valence-electron chi connectivity index (χ0n) is 11.2. The molecule has 0 bridgehead atoms. The normalized spacial score (nSPS) is 19.3. The molecule has 2 rings (SSSR count). The lowest BCUT2D eigenvalue weighted by Crippen LogP contribution is -2.42. The monoisotopic (exact) mass is 252 g/mol. The molecule has 2 heterocycles. The third-order valence-corrected chi connectivity index (χ3v) is 3.01. The van der Waals surface area contributed by atoms with Gasteiger partial charge < -0.3 is 14.5 Å². The summed E-state index contributed by atoms with van der Waals surface area (Å²) in [6, 6.07) is 1.96. The van der Waals surface area contributed by atoms with Gasteiger partial charge in [0.05, 0.1) is 31.4 Å². The summed E-state index contributed by atoms with van der Waals surface area (Å²) in [4.78, 5) is 15.5. The molecule has 1 unspecified atom stereocenters. The van der Waals surface area contributed by atoms with E-state index in [0.717, 1.165) is 5.69 Å². The lowest BCUT2D eigenvalue weighted by molar-refractivity contribution is 0.0313. The summed E-state index contributed by atoms with van der Waals surface area (Å²) in [5, 5.41) is 4.27. The van der Waals surface area contributed by atoms with Gasteiger partial charge in [-0.2, -0.15) is 5.10 Å². The Morgan fingerprint density at radius 1 is 1.56 bits per heavy atom. The molecule has 1 aliphatic heterocycles. The first-order valence-corrected chi connectivity index (χ1v) is 6.20. The first kappa shape index (κ1) is 12.9. The van der Waals surface area contributed by atoms with E-state index < -0.39 is 0 Å². The van der Waals surface area contributed by atoms with Crippen molar-refractivity contribution in [3.05, 3.63) is 18.0 Å². The van der Waals surface area contributed by atoms with Crippen LogP contribution >= 0.6 is 0 Å². The van der Waals surface area contributed by atoms with Gasteiger partial charge in [-0.25, -0.2) is 4.79 Å². The number of amides is 2. The molecule has 1 aliphatic rings. The lowest BCUT2D eigenvalue weighted by atomic mass is 10.3. The van der Waals surface area contributed by atoms with E-state index >= 15 is 0 Å². The molecular formula is C12H20N4O2. The predicted octanol–water partition coefficient (Wildman–Crippen LogP) is 0.785. The molecule has 0 saturated carbocycles. The molecule has 18 heavy (non-hydrogen) atoms. The molecular weight excluding hydrogens is 232 g/mol. The lowest BCUT2D eigenvalue weighted by Gasteiger charge is -2.26. The second kappa shape index (κ2) is 5.39. The third kappa shape index (κ3) is 2.64. The van der Waals surface area contributed by atoms with E-state index in [1.807, 2.05) is 17.7 Å². The van der Waals surface area contributed by atoms with Crippen molar-refractivity contribution in [2.45, 2.75) is 26.1 Å². The van der Waals surface area contributed by atoms with Crippen LogP contribution in [-0.2, 0) is 17.8 Å². The molecule has 0 fully saturated rings. The standard InChI is InChI=1S/C12H20N4O2/c1-4-18-11-8-15(12(17)14(2)3)7-10-5-6-13-16(10)9-11/h5-6,11H,4,7-9H2,1-3H3. The average Bonchev–Trinajstić information content (AvgIpc) is 2.68. The van der Waals surface area contributed by atoms with Crippen LogP contribution in [0.5, 0.6) is 0 Å². The number of carbonyl (C=O) groups excluding carboxylic acids is 1. The number of hydrogen-bond donors (Lipinski definition) is 0. The minimum absolute atomic E-state index is 0.0000463. The van der Waals surface area contributed by atoms with E-state index in [-0.39, 0.29) is 12.1 Å². The Morgan fingerprint density at radius 3 is 3.00 bits per heavy atom. The highest BCUT2D eigenvalue weighted by Gasteiger charge is 2.26. The van der Waals surface area contributed by atoms with Crippen molar-refractivity contribution in [2.75, 3.05) is 27.2 Å². The molecule has 0 aromatic carbocycles. The van der Waals surface area contributed by atoms with Gasteiger partial charge in [-0.05, 0) is 13.0 Å². The molecule has 1 aromatic heterocycles. The molecule has 0 radical (unpaired) electrons. The fourth-order valence-corrected chi connectivity index (χ4v) is 2.18. The Balaban J connectivity index is 2.19. The van der Waals surface area contributed by atoms with Gasteiger partial charge in [-0.15, -0.1) is 0 Å². The van der Waals surface area contributed by atoms with Crippen LogP contribution in [0.3, 0.4) is 0 Å². The Hall–Kier alpha value is -1.56. The molecule has 0 aliphatic carbocycles. The zero-order chi connectivity index (χ0) is 13.1. The summed E-state index contributed by atoms with van der Waals surface area (Å²) in [5.41, 5.74) is 1.05. The summed E-state index contributed by atoms with van der Waals surface area (Å²) in [6.07, 6.45) is 1.77. The Morgan fingerprint density at radius 2 is 2.33 bits per heavy atom. The maximum Gasteiger partial charge on any atom is 0.319 e. The predicted molar refractivity (Wildman–Crippen MR) is 67.1 cm³/mol. The molecule has 0 N–H and O–H groups in total. The van der Waals surface area contributed by atoms with E-state index in [2.05, 4.69) is 5.10 Å². The fourth-order valence-electron chi connectivity index (χ4n) is 2.18. The third-order valence-electron chi connectivity index (χ3n) is 3.01. The smallest absolute Gasteiger partial charge is 0.319 e. The topological polar surface area (TPSA) is 50.6 Å². The highest BCUT2D eigenvalue weighted by molar-refractivity contribution is 5.73. The molecule has 100 valence electrons. The molecule has 1 aromatic rings. The van der Waals surface area contributed by atoms with Crippen molar-refractivity contribution in [1.82, 2.24) is 19.6 Å². The minimum atomic E-state index is 0.0000463. The van der Waals surface area contributed by atoms with Crippen molar-refractivity contribution in [3.8, 4) is 0 Å². The van der Waals surface area contributed by atoms with Gasteiger partial charge in [-0.1, -0.05) is 0 Å².